The van der Waals surface area contributed by atoms with Gasteiger partial charge in [0.25, 0.3) is 0 Å². The van der Waals surface area contributed by atoms with Gasteiger partial charge in [-0.05, 0) is 27.9 Å². The maximum absolute atomic E-state index is 10.7. The highest BCUT2D eigenvalue weighted by Crippen LogP contribution is 2.17. The molecule has 98 valence electrons. The first-order valence-corrected chi connectivity index (χ1v) is 6.41. The number of aromatic nitrogens is 2. The van der Waals surface area contributed by atoms with Crippen LogP contribution in [0.1, 0.15) is 5.56 Å². The van der Waals surface area contributed by atoms with E-state index < -0.39 is 12.0 Å². The summed E-state index contributed by atoms with van der Waals surface area (Å²) in [6, 6.07) is 6.50. The van der Waals surface area contributed by atoms with Gasteiger partial charge in [-0.25, -0.2) is 9.97 Å². The van der Waals surface area contributed by atoms with Gasteiger partial charge in [-0.1, -0.05) is 24.3 Å². The fraction of sp³-hybridized carbons (Fsp3) is 0.154. The summed E-state index contributed by atoms with van der Waals surface area (Å²) in [5.41, 5.74) is 7.23. The third kappa shape index (κ3) is 3.59. The first kappa shape index (κ1) is 13.6. The molecule has 1 aromatic heterocycles. The molecule has 1 unspecified atom stereocenters. The van der Waals surface area contributed by atoms with E-state index in [4.69, 9.17) is 10.8 Å². The fourth-order valence-electron chi connectivity index (χ4n) is 1.59. The van der Waals surface area contributed by atoms with Crippen LogP contribution >= 0.6 is 15.9 Å². The van der Waals surface area contributed by atoms with Crippen molar-refractivity contribution in [2.75, 3.05) is 0 Å². The van der Waals surface area contributed by atoms with E-state index in [0.29, 0.717) is 12.2 Å². The van der Waals surface area contributed by atoms with Crippen LogP contribution in [0.25, 0.3) is 11.4 Å². The largest absolute Gasteiger partial charge is 0.480 e. The number of carboxylic acids is 1. The molecule has 3 N–H and O–H groups in total. The van der Waals surface area contributed by atoms with Gasteiger partial charge in [0.15, 0.2) is 5.82 Å². The van der Waals surface area contributed by atoms with Gasteiger partial charge in [0.1, 0.15) is 6.04 Å². The second kappa shape index (κ2) is 5.90. The number of halogens is 1. The summed E-state index contributed by atoms with van der Waals surface area (Å²) in [4.78, 5) is 19.1. The van der Waals surface area contributed by atoms with E-state index in [0.717, 1.165) is 15.6 Å². The Labute approximate surface area is 118 Å². The van der Waals surface area contributed by atoms with Crippen LogP contribution < -0.4 is 5.73 Å². The van der Waals surface area contributed by atoms with E-state index in [9.17, 15) is 4.79 Å². The lowest BCUT2D eigenvalue weighted by Crippen LogP contribution is -2.32. The average Bonchev–Trinajstić information content (AvgIpc) is 2.40. The van der Waals surface area contributed by atoms with Crippen LogP contribution in [0.15, 0.2) is 41.1 Å². The van der Waals surface area contributed by atoms with E-state index in [2.05, 4.69) is 25.9 Å². The van der Waals surface area contributed by atoms with Crippen molar-refractivity contribution in [1.29, 1.82) is 0 Å². The molecule has 0 fully saturated rings. The highest BCUT2D eigenvalue weighted by Gasteiger charge is 2.12. The van der Waals surface area contributed by atoms with Crippen LogP contribution in [-0.4, -0.2) is 27.1 Å². The maximum Gasteiger partial charge on any atom is 0.320 e. The first-order valence-electron chi connectivity index (χ1n) is 5.61. The van der Waals surface area contributed by atoms with Crippen molar-refractivity contribution >= 4 is 21.9 Å². The summed E-state index contributed by atoms with van der Waals surface area (Å²) in [5.74, 6) is -0.377. The van der Waals surface area contributed by atoms with Gasteiger partial charge in [-0.2, -0.15) is 0 Å². The predicted octanol–water partition coefficient (Wildman–Crippen LogP) is 1.86. The molecule has 1 aromatic carbocycles. The van der Waals surface area contributed by atoms with Gasteiger partial charge in [-0.3, -0.25) is 4.79 Å². The topological polar surface area (TPSA) is 89.1 Å². The molecule has 0 saturated heterocycles. The number of benzene rings is 1. The molecule has 1 atom stereocenters. The Morgan fingerprint density at radius 3 is 2.37 bits per heavy atom. The van der Waals surface area contributed by atoms with Crippen LogP contribution in [0.2, 0.25) is 0 Å². The van der Waals surface area contributed by atoms with Crippen LogP contribution in [0.4, 0.5) is 0 Å². The Morgan fingerprint density at radius 1 is 1.26 bits per heavy atom. The van der Waals surface area contributed by atoms with Crippen molar-refractivity contribution in [2.45, 2.75) is 12.5 Å². The van der Waals surface area contributed by atoms with E-state index in [1.54, 1.807) is 12.4 Å². The molecule has 0 aliphatic rings. The first-order chi connectivity index (χ1) is 9.06. The van der Waals surface area contributed by atoms with Gasteiger partial charge in [0, 0.05) is 18.0 Å². The highest BCUT2D eigenvalue weighted by atomic mass is 79.9. The lowest BCUT2D eigenvalue weighted by Gasteiger charge is -2.07. The molecule has 0 bridgehead atoms. The zero-order chi connectivity index (χ0) is 13.8. The molecular weight excluding hydrogens is 310 g/mol. The van der Waals surface area contributed by atoms with Crippen molar-refractivity contribution < 1.29 is 9.90 Å². The zero-order valence-corrected chi connectivity index (χ0v) is 11.5. The Hall–Kier alpha value is -1.79. The molecule has 0 radical (unpaired) electrons. The van der Waals surface area contributed by atoms with Gasteiger partial charge in [0.05, 0.1) is 4.47 Å². The fourth-order valence-corrected chi connectivity index (χ4v) is 1.80. The van der Waals surface area contributed by atoms with Gasteiger partial charge in [0.2, 0.25) is 0 Å². The van der Waals surface area contributed by atoms with Crippen LogP contribution in [-0.2, 0) is 11.2 Å². The van der Waals surface area contributed by atoms with Gasteiger partial charge in [-0.15, -0.1) is 0 Å². The monoisotopic (exact) mass is 321 g/mol. The lowest BCUT2D eigenvalue weighted by atomic mass is 10.0. The third-order valence-electron chi connectivity index (χ3n) is 2.61. The Balaban J connectivity index is 2.14. The smallest absolute Gasteiger partial charge is 0.320 e. The lowest BCUT2D eigenvalue weighted by molar-refractivity contribution is -0.138. The second-order valence-electron chi connectivity index (χ2n) is 4.07. The number of hydrogen-bond acceptors (Lipinski definition) is 4. The maximum atomic E-state index is 10.7. The summed E-state index contributed by atoms with van der Waals surface area (Å²) in [6.45, 7) is 0. The number of aliphatic carboxylic acids is 1. The molecule has 0 amide bonds. The molecular formula is C13H12BrN3O2. The minimum absolute atomic E-state index is 0.302. The Kier molecular flexibility index (Phi) is 4.24. The quantitative estimate of drug-likeness (QED) is 0.897. The minimum atomic E-state index is -1.000. The van der Waals surface area contributed by atoms with Crippen LogP contribution in [0.5, 0.6) is 0 Å². The number of rotatable bonds is 4. The molecule has 0 aliphatic carbocycles. The van der Waals surface area contributed by atoms with Crippen LogP contribution in [0, 0.1) is 0 Å². The third-order valence-corrected chi connectivity index (χ3v) is 3.01. The number of nitrogens with zero attached hydrogens (tertiary/aromatic N) is 2. The summed E-state index contributed by atoms with van der Waals surface area (Å²) < 4.78 is 0.820. The standard InChI is InChI=1S/C13H12BrN3O2/c14-10-6-16-12(17-7-10)9-3-1-8(2-4-9)5-11(15)13(18)19/h1-4,6-7,11H,5,15H2,(H,18,19). The van der Waals surface area contributed by atoms with E-state index in [1.807, 2.05) is 24.3 Å². The second-order valence-corrected chi connectivity index (χ2v) is 4.99. The number of hydrogen-bond donors (Lipinski definition) is 2. The molecule has 0 aliphatic heterocycles. The summed E-state index contributed by atoms with van der Waals surface area (Å²) in [5, 5.41) is 8.75. The molecule has 2 aromatic rings. The van der Waals surface area contributed by atoms with Gasteiger partial charge < -0.3 is 10.8 Å². The van der Waals surface area contributed by atoms with Crippen LogP contribution in [0.3, 0.4) is 0 Å². The molecule has 2 rings (SSSR count). The molecule has 6 heteroatoms. The Bertz CT molecular complexity index is 569. The number of nitrogens with two attached hydrogens (primary N) is 1. The minimum Gasteiger partial charge on any atom is -0.480 e. The number of carbonyl (C=O) groups is 1. The van der Waals surface area contributed by atoms with E-state index in [-0.39, 0.29) is 0 Å². The molecule has 1 heterocycles. The summed E-state index contributed by atoms with van der Waals surface area (Å²) in [7, 11) is 0. The molecule has 0 saturated carbocycles. The van der Waals surface area contributed by atoms with Gasteiger partial charge >= 0.3 is 5.97 Å². The van der Waals surface area contributed by atoms with Crippen molar-refractivity contribution in [3.05, 3.63) is 46.7 Å². The highest BCUT2D eigenvalue weighted by molar-refractivity contribution is 9.10. The number of carboxylic acid groups (broad SMARTS) is 1. The average molecular weight is 322 g/mol. The van der Waals surface area contributed by atoms with E-state index >= 15 is 0 Å². The van der Waals surface area contributed by atoms with Crippen molar-refractivity contribution in [3.63, 3.8) is 0 Å². The Morgan fingerprint density at radius 2 is 1.84 bits per heavy atom. The zero-order valence-electron chi connectivity index (χ0n) is 9.95. The summed E-state index contributed by atoms with van der Waals surface area (Å²) in [6.07, 6.45) is 3.66. The summed E-state index contributed by atoms with van der Waals surface area (Å²) >= 11 is 3.28. The van der Waals surface area contributed by atoms with Crippen molar-refractivity contribution in [1.82, 2.24) is 9.97 Å². The van der Waals surface area contributed by atoms with Crippen molar-refractivity contribution in [2.24, 2.45) is 5.73 Å². The normalized spacial score (nSPS) is 12.1. The SMILES string of the molecule is NC(Cc1ccc(-c2ncc(Br)cn2)cc1)C(=O)O. The predicted molar refractivity (Wildman–Crippen MR) is 74.5 cm³/mol. The molecule has 5 nitrogen and oxygen atoms in total. The van der Waals surface area contributed by atoms with Crippen molar-refractivity contribution in [3.8, 4) is 11.4 Å². The molecule has 0 spiro atoms. The van der Waals surface area contributed by atoms with E-state index in [1.165, 1.54) is 0 Å². The molecule has 19 heavy (non-hydrogen) atoms.